The lowest BCUT2D eigenvalue weighted by molar-refractivity contribution is 0.311. The molecule has 138 valence electrons. The highest BCUT2D eigenvalue weighted by Gasteiger charge is 2.31. The van der Waals surface area contributed by atoms with Crippen molar-refractivity contribution in [3.8, 4) is 11.5 Å². The van der Waals surface area contributed by atoms with E-state index in [1.807, 2.05) is 24.0 Å². The van der Waals surface area contributed by atoms with Crippen LogP contribution in [0.1, 0.15) is 18.1 Å². The van der Waals surface area contributed by atoms with Gasteiger partial charge in [-0.05, 0) is 31.2 Å². The molecule has 0 spiro atoms. The van der Waals surface area contributed by atoms with Crippen LogP contribution in [0.5, 0.6) is 11.5 Å². The second-order valence-electron chi connectivity index (χ2n) is 6.02. The van der Waals surface area contributed by atoms with Gasteiger partial charge in [-0.1, -0.05) is 0 Å². The van der Waals surface area contributed by atoms with Crippen molar-refractivity contribution in [2.45, 2.75) is 6.92 Å². The molecule has 7 heteroatoms. The van der Waals surface area contributed by atoms with E-state index >= 15 is 0 Å². The molecule has 2 aliphatic rings. The van der Waals surface area contributed by atoms with Gasteiger partial charge in [-0.3, -0.25) is 9.98 Å². The zero-order valence-electron chi connectivity index (χ0n) is 15.2. The first-order valence-electron chi connectivity index (χ1n) is 8.78. The summed E-state index contributed by atoms with van der Waals surface area (Å²) in [6.45, 7) is 3.83. The maximum absolute atomic E-state index is 10.5. The third-order valence-corrected chi connectivity index (χ3v) is 4.41. The van der Waals surface area contributed by atoms with Gasteiger partial charge in [0, 0.05) is 36.1 Å². The number of aliphatic hydroxyl groups excluding tert-OH is 1. The average molecular weight is 364 g/mol. The van der Waals surface area contributed by atoms with E-state index in [1.54, 1.807) is 37.7 Å². The van der Waals surface area contributed by atoms with E-state index in [2.05, 4.69) is 9.98 Å². The highest BCUT2D eigenvalue weighted by Crippen LogP contribution is 2.43. The predicted molar refractivity (Wildman–Crippen MR) is 104 cm³/mol. The summed E-state index contributed by atoms with van der Waals surface area (Å²) in [5.74, 6) is 2.72. The molecule has 0 radical (unpaired) electrons. The van der Waals surface area contributed by atoms with E-state index in [4.69, 9.17) is 14.5 Å². The molecule has 0 saturated carbocycles. The van der Waals surface area contributed by atoms with Crippen LogP contribution in [0.15, 0.2) is 52.7 Å². The van der Waals surface area contributed by atoms with E-state index in [-0.39, 0.29) is 5.76 Å². The number of fused-ring (bicyclic) bond motifs is 3. The molecule has 1 N–H and O–H groups in total. The molecule has 2 aromatic rings. The van der Waals surface area contributed by atoms with Crippen molar-refractivity contribution in [3.05, 3.63) is 53.9 Å². The number of hydrogen-bond donors (Lipinski definition) is 1. The van der Waals surface area contributed by atoms with Crippen LogP contribution in [0.25, 0.3) is 5.76 Å². The number of methoxy groups -OCH3 is 1. The maximum atomic E-state index is 10.5. The van der Waals surface area contributed by atoms with E-state index in [0.29, 0.717) is 48.3 Å². The van der Waals surface area contributed by atoms with Crippen LogP contribution in [-0.4, -0.2) is 53.5 Å². The Morgan fingerprint density at radius 1 is 1.33 bits per heavy atom. The molecule has 7 nitrogen and oxygen atoms in total. The van der Waals surface area contributed by atoms with Gasteiger partial charge in [-0.2, -0.15) is 0 Å². The molecule has 0 bridgehead atoms. The third kappa shape index (κ3) is 3.01. The van der Waals surface area contributed by atoms with E-state index < -0.39 is 0 Å². The van der Waals surface area contributed by atoms with Gasteiger partial charge in [0.05, 0.1) is 20.3 Å². The molecule has 27 heavy (non-hydrogen) atoms. The number of benzene rings is 1. The van der Waals surface area contributed by atoms with Crippen LogP contribution < -0.4 is 9.47 Å². The Kier molecular flexibility index (Phi) is 4.50. The van der Waals surface area contributed by atoms with Gasteiger partial charge >= 0.3 is 0 Å². The predicted octanol–water partition coefficient (Wildman–Crippen LogP) is 3.19. The van der Waals surface area contributed by atoms with Crippen LogP contribution in [0.4, 0.5) is 5.69 Å². The smallest absolute Gasteiger partial charge is 0.187 e. The minimum Gasteiger partial charge on any atom is -0.507 e. The Morgan fingerprint density at radius 2 is 2.22 bits per heavy atom. The third-order valence-electron chi connectivity index (χ3n) is 4.41. The van der Waals surface area contributed by atoms with E-state index in [1.165, 1.54) is 0 Å². The summed E-state index contributed by atoms with van der Waals surface area (Å²) >= 11 is 0. The lowest BCUT2D eigenvalue weighted by Crippen LogP contribution is -2.36. The summed E-state index contributed by atoms with van der Waals surface area (Å²) < 4.78 is 11.3. The minimum atomic E-state index is 0.0940. The fraction of sp³-hybridized carbons (Fsp3) is 0.250. The Morgan fingerprint density at radius 3 is 2.96 bits per heavy atom. The Bertz CT molecular complexity index is 951. The first-order chi connectivity index (χ1) is 13.2. The molecule has 0 fully saturated rings. The Hall–Kier alpha value is -3.35. The number of hydrogen-bond acceptors (Lipinski definition) is 7. The molecular formula is C20H20N4O3. The quantitative estimate of drug-likeness (QED) is 0.824. The molecule has 0 aliphatic carbocycles. The van der Waals surface area contributed by atoms with Crippen LogP contribution >= 0.6 is 0 Å². The van der Waals surface area contributed by atoms with Gasteiger partial charge in [0.25, 0.3) is 0 Å². The molecule has 1 aromatic heterocycles. The molecule has 0 saturated heterocycles. The number of ether oxygens (including phenoxy) is 2. The monoisotopic (exact) mass is 364 g/mol. The van der Waals surface area contributed by atoms with Crippen molar-refractivity contribution in [2.75, 3.05) is 26.8 Å². The Balaban J connectivity index is 1.85. The largest absolute Gasteiger partial charge is 0.507 e. The summed E-state index contributed by atoms with van der Waals surface area (Å²) in [7, 11) is 1.60. The summed E-state index contributed by atoms with van der Waals surface area (Å²) in [6.07, 6.45) is 4.90. The standard InChI is InChI=1S/C20H20N4O3/c1-3-27-16-7-6-14-18(19(16)26-2)23-17(24-10-9-22-20(14)24)11-15(25)13-5-4-8-21-12-13/h4-8,11-12,25H,3,9-10H2,1-2H3/b15-11-. The molecule has 0 unspecified atom stereocenters. The van der Waals surface area contributed by atoms with Gasteiger partial charge in [0.15, 0.2) is 11.5 Å². The maximum Gasteiger partial charge on any atom is 0.187 e. The normalized spacial score (nSPS) is 15.6. The topological polar surface area (TPSA) is 79.5 Å². The summed E-state index contributed by atoms with van der Waals surface area (Å²) in [6, 6.07) is 7.40. The number of pyridine rings is 1. The molecule has 1 aromatic carbocycles. The molecule has 3 heterocycles. The van der Waals surface area contributed by atoms with Crippen molar-refractivity contribution < 1.29 is 14.6 Å². The van der Waals surface area contributed by atoms with Crippen LogP contribution in [0.2, 0.25) is 0 Å². The van der Waals surface area contributed by atoms with Crippen LogP contribution in [0.3, 0.4) is 0 Å². The molecule has 0 atom stereocenters. The van der Waals surface area contributed by atoms with Gasteiger partial charge in [0.1, 0.15) is 23.1 Å². The zero-order chi connectivity index (χ0) is 18.8. The molecular weight excluding hydrogens is 344 g/mol. The van der Waals surface area contributed by atoms with Crippen LogP contribution in [-0.2, 0) is 0 Å². The average Bonchev–Trinajstić information content (AvgIpc) is 3.19. The van der Waals surface area contributed by atoms with Gasteiger partial charge in [-0.25, -0.2) is 4.99 Å². The summed E-state index contributed by atoms with van der Waals surface area (Å²) in [4.78, 5) is 15.4. The van der Waals surface area contributed by atoms with E-state index in [0.717, 1.165) is 11.4 Å². The lowest BCUT2D eigenvalue weighted by Gasteiger charge is -2.27. The van der Waals surface area contributed by atoms with E-state index in [9.17, 15) is 5.11 Å². The van der Waals surface area contributed by atoms with Crippen molar-refractivity contribution in [2.24, 2.45) is 9.98 Å². The number of rotatable bonds is 5. The highest BCUT2D eigenvalue weighted by molar-refractivity contribution is 6.20. The fourth-order valence-corrected chi connectivity index (χ4v) is 3.22. The Labute approximate surface area is 157 Å². The van der Waals surface area contributed by atoms with Crippen LogP contribution in [0, 0.1) is 0 Å². The number of nitrogens with zero attached hydrogens (tertiary/aromatic N) is 4. The van der Waals surface area contributed by atoms with Crippen molar-refractivity contribution in [3.63, 3.8) is 0 Å². The molecule has 4 rings (SSSR count). The number of aliphatic hydroxyl groups is 1. The molecule has 0 amide bonds. The lowest BCUT2D eigenvalue weighted by atomic mass is 10.1. The number of amidine groups is 2. The zero-order valence-corrected chi connectivity index (χ0v) is 15.2. The minimum absolute atomic E-state index is 0.0940. The second kappa shape index (κ2) is 7.11. The van der Waals surface area contributed by atoms with Gasteiger partial charge in [-0.15, -0.1) is 0 Å². The first kappa shape index (κ1) is 17.1. The molecule has 2 aliphatic heterocycles. The van der Waals surface area contributed by atoms with Crippen molar-refractivity contribution in [1.29, 1.82) is 0 Å². The number of aliphatic imine (C=N–C) groups is 2. The summed E-state index contributed by atoms with van der Waals surface area (Å²) in [5, 5.41) is 10.5. The second-order valence-corrected chi connectivity index (χ2v) is 6.02. The highest BCUT2D eigenvalue weighted by atomic mass is 16.5. The van der Waals surface area contributed by atoms with Crippen molar-refractivity contribution >= 4 is 23.1 Å². The summed E-state index contributed by atoms with van der Waals surface area (Å²) in [5.41, 5.74) is 2.18. The van der Waals surface area contributed by atoms with Gasteiger partial charge < -0.3 is 19.5 Å². The fourth-order valence-electron chi connectivity index (χ4n) is 3.22. The first-order valence-corrected chi connectivity index (χ1v) is 8.78. The number of aromatic nitrogens is 1. The van der Waals surface area contributed by atoms with Crippen molar-refractivity contribution in [1.82, 2.24) is 9.88 Å². The van der Waals surface area contributed by atoms with Gasteiger partial charge in [0.2, 0.25) is 0 Å². The SMILES string of the molecule is CCOc1ccc2c(c1OC)N=C(/C=C(\O)c1cccnc1)N1CCN=C21.